The quantitative estimate of drug-likeness (QED) is 0.306. The van der Waals surface area contributed by atoms with Crippen LogP contribution in [-0.2, 0) is 26.7 Å². The first-order chi connectivity index (χ1) is 16.1. The third-order valence-electron chi connectivity index (χ3n) is 5.11. The minimum Gasteiger partial charge on any atom is -0.378 e. The van der Waals surface area contributed by atoms with Gasteiger partial charge in [-0.15, -0.1) is 0 Å². The molecule has 10 heteroatoms. The molecule has 0 amide bonds. The van der Waals surface area contributed by atoms with Crippen LogP contribution in [0.15, 0.2) is 88.7 Å². The second kappa shape index (κ2) is 9.56. The highest BCUT2D eigenvalue weighted by molar-refractivity contribution is 7.89. The van der Waals surface area contributed by atoms with Gasteiger partial charge in [-0.25, -0.2) is 13.1 Å². The maximum Gasteiger partial charge on any atom is 0.339 e. The Kier molecular flexibility index (Phi) is 6.89. The van der Waals surface area contributed by atoms with Crippen molar-refractivity contribution < 1.29 is 21.0 Å². The SMILES string of the molecule is Cc1ccc(S(=O)(=O)Oc2cccc3c(S(=O)(=O)NCc4ccc(Cl)cc4Cl)cccc23)cc1. The van der Waals surface area contributed by atoms with Crippen molar-refractivity contribution in [2.24, 2.45) is 0 Å². The van der Waals surface area contributed by atoms with Crippen LogP contribution in [0.4, 0.5) is 0 Å². The molecule has 4 aromatic rings. The van der Waals surface area contributed by atoms with Gasteiger partial charge >= 0.3 is 10.1 Å². The monoisotopic (exact) mass is 535 g/mol. The zero-order valence-electron chi connectivity index (χ0n) is 17.8. The van der Waals surface area contributed by atoms with Crippen LogP contribution in [0.5, 0.6) is 5.75 Å². The molecule has 0 radical (unpaired) electrons. The highest BCUT2D eigenvalue weighted by Crippen LogP contribution is 2.32. The minimum absolute atomic E-state index is 0.000360. The summed E-state index contributed by atoms with van der Waals surface area (Å²) in [5.74, 6) is 0.0240. The van der Waals surface area contributed by atoms with E-state index < -0.39 is 20.1 Å². The summed E-state index contributed by atoms with van der Waals surface area (Å²) in [7, 11) is -8.09. The van der Waals surface area contributed by atoms with E-state index in [0.717, 1.165) is 5.56 Å². The molecule has 0 unspecified atom stereocenters. The third-order valence-corrected chi connectivity index (χ3v) is 8.40. The van der Waals surface area contributed by atoms with Gasteiger partial charge in [-0.05, 0) is 48.9 Å². The number of hydrogen-bond donors (Lipinski definition) is 1. The molecule has 0 heterocycles. The lowest BCUT2D eigenvalue weighted by Crippen LogP contribution is -2.23. The molecule has 1 N–H and O–H groups in total. The Hall–Kier alpha value is -2.62. The normalized spacial score (nSPS) is 12.1. The first kappa shape index (κ1) is 24.5. The van der Waals surface area contributed by atoms with Gasteiger partial charge in [-0.2, -0.15) is 8.42 Å². The van der Waals surface area contributed by atoms with E-state index in [4.69, 9.17) is 27.4 Å². The van der Waals surface area contributed by atoms with E-state index in [1.54, 1.807) is 36.4 Å². The Morgan fingerprint density at radius 2 is 1.50 bits per heavy atom. The molecule has 0 fully saturated rings. The number of nitrogens with one attached hydrogen (secondary N) is 1. The van der Waals surface area contributed by atoms with E-state index in [1.165, 1.54) is 42.5 Å². The molecule has 0 spiro atoms. The number of aryl methyl sites for hydroxylation is 1. The zero-order chi connectivity index (χ0) is 24.5. The summed E-state index contributed by atoms with van der Waals surface area (Å²) in [5.41, 5.74) is 1.47. The molecule has 0 aliphatic carbocycles. The summed E-state index contributed by atoms with van der Waals surface area (Å²) in [4.78, 5) is -0.0198. The van der Waals surface area contributed by atoms with Gasteiger partial charge in [0.05, 0.1) is 4.90 Å². The second-order valence-corrected chi connectivity index (χ2v) is 11.6. The van der Waals surface area contributed by atoms with Gasteiger partial charge < -0.3 is 4.18 Å². The van der Waals surface area contributed by atoms with Crippen LogP contribution in [0, 0.1) is 6.92 Å². The molecular formula is C24H19Cl2NO5S2. The van der Waals surface area contributed by atoms with Crippen molar-refractivity contribution in [2.75, 3.05) is 0 Å². The molecule has 0 saturated carbocycles. The molecule has 6 nitrogen and oxygen atoms in total. The van der Waals surface area contributed by atoms with E-state index in [2.05, 4.69) is 4.72 Å². The highest BCUT2D eigenvalue weighted by Gasteiger charge is 2.22. The van der Waals surface area contributed by atoms with Gasteiger partial charge in [-0.3, -0.25) is 0 Å². The molecule has 176 valence electrons. The lowest BCUT2D eigenvalue weighted by molar-refractivity contribution is 0.488. The summed E-state index contributed by atoms with van der Waals surface area (Å²) >= 11 is 12.0. The number of fused-ring (bicyclic) bond motifs is 1. The first-order valence-electron chi connectivity index (χ1n) is 10.0. The average molecular weight is 536 g/mol. The van der Waals surface area contributed by atoms with Crippen molar-refractivity contribution in [3.8, 4) is 5.75 Å². The summed E-state index contributed by atoms with van der Waals surface area (Å²) in [6.45, 7) is 1.80. The zero-order valence-corrected chi connectivity index (χ0v) is 21.0. The molecule has 4 aromatic carbocycles. The van der Waals surface area contributed by atoms with Crippen molar-refractivity contribution in [1.29, 1.82) is 0 Å². The highest BCUT2D eigenvalue weighted by atomic mass is 35.5. The summed E-state index contributed by atoms with van der Waals surface area (Å²) in [6.07, 6.45) is 0. The number of sulfonamides is 1. The molecule has 4 rings (SSSR count). The van der Waals surface area contributed by atoms with Gasteiger partial charge in [0.2, 0.25) is 10.0 Å². The molecule has 0 atom stereocenters. The molecule has 0 saturated heterocycles. The van der Waals surface area contributed by atoms with Crippen molar-refractivity contribution in [2.45, 2.75) is 23.3 Å². The van der Waals surface area contributed by atoms with Crippen LogP contribution in [0.3, 0.4) is 0 Å². The first-order valence-corrected chi connectivity index (χ1v) is 13.7. The molecule has 0 aliphatic heterocycles. The Bertz CT molecular complexity index is 1590. The van der Waals surface area contributed by atoms with Crippen LogP contribution in [-0.4, -0.2) is 16.8 Å². The van der Waals surface area contributed by atoms with Crippen LogP contribution < -0.4 is 8.91 Å². The predicted octanol–water partition coefficient (Wildman–Crippen LogP) is 5.70. The summed E-state index contributed by atoms with van der Waals surface area (Å²) < 4.78 is 59.7. The Balaban J connectivity index is 1.68. The standard InChI is InChI=1S/C24H19Cl2NO5S2/c1-16-8-12-19(13-9-16)34(30,31)32-23-6-2-5-21-20(23)4-3-7-24(21)33(28,29)27-15-17-10-11-18(25)14-22(17)26/h2-14,27H,15H2,1H3. The van der Waals surface area contributed by atoms with Gasteiger partial charge in [0, 0.05) is 27.4 Å². The van der Waals surface area contributed by atoms with Crippen molar-refractivity contribution >= 4 is 54.1 Å². The van der Waals surface area contributed by atoms with E-state index in [9.17, 15) is 16.8 Å². The van der Waals surface area contributed by atoms with Crippen molar-refractivity contribution in [1.82, 2.24) is 4.72 Å². The van der Waals surface area contributed by atoms with Gasteiger partial charge in [-0.1, -0.05) is 71.2 Å². The van der Waals surface area contributed by atoms with Gasteiger partial charge in [0.15, 0.2) is 5.75 Å². The van der Waals surface area contributed by atoms with Crippen LogP contribution in [0.2, 0.25) is 10.0 Å². The van der Waals surface area contributed by atoms with Crippen LogP contribution >= 0.6 is 23.2 Å². The largest absolute Gasteiger partial charge is 0.378 e. The van der Waals surface area contributed by atoms with Crippen molar-refractivity contribution in [3.05, 3.63) is 100 Å². The average Bonchev–Trinajstić information content (AvgIpc) is 2.78. The fourth-order valence-electron chi connectivity index (χ4n) is 3.35. The third kappa shape index (κ3) is 5.21. The Morgan fingerprint density at radius 1 is 0.824 bits per heavy atom. The molecular weight excluding hydrogens is 517 g/mol. The maximum atomic E-state index is 13.1. The number of rotatable bonds is 7. The second-order valence-electron chi connectivity index (χ2n) is 7.52. The van der Waals surface area contributed by atoms with E-state index in [-0.39, 0.29) is 22.1 Å². The predicted molar refractivity (Wildman–Crippen MR) is 133 cm³/mol. The number of hydrogen-bond acceptors (Lipinski definition) is 5. The number of benzene rings is 4. The fraction of sp³-hybridized carbons (Fsp3) is 0.0833. The smallest absolute Gasteiger partial charge is 0.339 e. The van der Waals surface area contributed by atoms with E-state index in [0.29, 0.717) is 26.4 Å². The Labute approximate surface area is 208 Å². The Morgan fingerprint density at radius 3 is 2.21 bits per heavy atom. The molecule has 34 heavy (non-hydrogen) atoms. The fourth-order valence-corrected chi connectivity index (χ4v) is 6.00. The minimum atomic E-state index is -4.11. The van der Waals surface area contributed by atoms with Crippen LogP contribution in [0.1, 0.15) is 11.1 Å². The molecule has 0 bridgehead atoms. The van der Waals surface area contributed by atoms with E-state index >= 15 is 0 Å². The molecule has 0 aliphatic rings. The molecule has 0 aromatic heterocycles. The summed E-state index contributed by atoms with van der Waals surface area (Å²) in [5, 5.41) is 1.43. The topological polar surface area (TPSA) is 89.5 Å². The summed E-state index contributed by atoms with van der Waals surface area (Å²) in [6, 6.07) is 20.2. The van der Waals surface area contributed by atoms with Crippen LogP contribution in [0.25, 0.3) is 10.8 Å². The lowest BCUT2D eigenvalue weighted by atomic mass is 10.1. The van der Waals surface area contributed by atoms with Gasteiger partial charge in [0.25, 0.3) is 0 Å². The van der Waals surface area contributed by atoms with E-state index in [1.807, 2.05) is 6.92 Å². The maximum absolute atomic E-state index is 13.1. The van der Waals surface area contributed by atoms with Crippen molar-refractivity contribution in [3.63, 3.8) is 0 Å². The lowest BCUT2D eigenvalue weighted by Gasteiger charge is -2.13. The number of halogens is 2. The van der Waals surface area contributed by atoms with Gasteiger partial charge in [0.1, 0.15) is 4.90 Å².